The Bertz CT molecular complexity index is 1310. The molecule has 3 rings (SSSR count). The molecule has 0 saturated heterocycles. The lowest BCUT2D eigenvalue weighted by atomic mass is 9.98. The molecule has 0 aliphatic rings. The first-order chi connectivity index (χ1) is 17.2. The van der Waals surface area contributed by atoms with Crippen molar-refractivity contribution in [3.63, 3.8) is 0 Å². The number of aryl methyl sites for hydroxylation is 1. The normalized spacial score (nSPS) is 11.9. The van der Waals surface area contributed by atoms with Gasteiger partial charge in [-0.2, -0.15) is 0 Å². The third kappa shape index (κ3) is 7.52. The standard InChI is InChI=1S/C25H27N3O7S/c1-36(33,34)21-9-5-8-19(14-21)22-12-13-23(35-22)25(31)27-16-26-24(30)20(15-28(32)17-29)11-10-18-6-3-2-4-7-18/h2-9,12-14,17,20,32H,10-11,15-16H2,1H3,(H,26,30)(H,27,31)/t20-/m1/s1. The van der Waals surface area contributed by atoms with Gasteiger partial charge in [0.1, 0.15) is 5.76 Å². The van der Waals surface area contributed by atoms with Gasteiger partial charge in [-0.15, -0.1) is 0 Å². The number of furan rings is 1. The lowest BCUT2D eigenvalue weighted by Crippen LogP contribution is -2.43. The van der Waals surface area contributed by atoms with Gasteiger partial charge >= 0.3 is 0 Å². The summed E-state index contributed by atoms with van der Waals surface area (Å²) in [6.07, 6.45) is 2.27. The Morgan fingerprint density at radius 1 is 1.06 bits per heavy atom. The molecule has 10 nitrogen and oxygen atoms in total. The number of nitrogens with zero attached hydrogens (tertiary/aromatic N) is 1. The summed E-state index contributed by atoms with van der Waals surface area (Å²) in [5.74, 6) is -1.43. The van der Waals surface area contributed by atoms with Gasteiger partial charge < -0.3 is 15.1 Å². The smallest absolute Gasteiger partial charge is 0.288 e. The van der Waals surface area contributed by atoms with Gasteiger partial charge in [0.2, 0.25) is 12.3 Å². The number of hydrogen-bond acceptors (Lipinski definition) is 7. The predicted octanol–water partition coefficient (Wildman–Crippen LogP) is 2.25. The number of benzene rings is 2. The molecule has 0 aliphatic heterocycles. The molecule has 0 spiro atoms. The van der Waals surface area contributed by atoms with Crippen molar-refractivity contribution in [2.24, 2.45) is 5.92 Å². The van der Waals surface area contributed by atoms with Crippen molar-refractivity contribution >= 4 is 28.1 Å². The van der Waals surface area contributed by atoms with Crippen LogP contribution in [-0.2, 0) is 25.8 Å². The summed E-state index contributed by atoms with van der Waals surface area (Å²) in [5.41, 5.74) is 1.50. The Kier molecular flexibility index (Phi) is 8.98. The predicted molar refractivity (Wildman–Crippen MR) is 131 cm³/mol. The molecule has 0 fully saturated rings. The van der Waals surface area contributed by atoms with Gasteiger partial charge in [0.15, 0.2) is 15.6 Å². The highest BCUT2D eigenvalue weighted by Gasteiger charge is 2.21. The monoisotopic (exact) mass is 513 g/mol. The highest BCUT2D eigenvalue weighted by Crippen LogP contribution is 2.24. The highest BCUT2D eigenvalue weighted by molar-refractivity contribution is 7.90. The first kappa shape index (κ1) is 26.6. The number of nitrogens with one attached hydrogen (secondary N) is 2. The van der Waals surface area contributed by atoms with Gasteiger partial charge in [0, 0.05) is 11.8 Å². The van der Waals surface area contributed by atoms with E-state index in [1.165, 1.54) is 18.2 Å². The van der Waals surface area contributed by atoms with Crippen LogP contribution in [0.3, 0.4) is 0 Å². The molecule has 3 aromatic rings. The van der Waals surface area contributed by atoms with Crippen molar-refractivity contribution in [2.45, 2.75) is 17.7 Å². The van der Waals surface area contributed by atoms with E-state index in [-0.39, 0.29) is 30.3 Å². The van der Waals surface area contributed by atoms with Gasteiger partial charge in [-0.3, -0.25) is 19.6 Å². The number of carbonyl (C=O) groups is 3. The van der Waals surface area contributed by atoms with Gasteiger partial charge in [-0.1, -0.05) is 42.5 Å². The number of carbonyl (C=O) groups excluding carboxylic acids is 3. The second-order valence-corrected chi connectivity index (χ2v) is 10.2. The van der Waals surface area contributed by atoms with E-state index in [1.807, 2.05) is 30.3 Å². The van der Waals surface area contributed by atoms with Gasteiger partial charge in [-0.25, -0.2) is 13.5 Å². The third-order valence-electron chi connectivity index (χ3n) is 5.41. The van der Waals surface area contributed by atoms with Crippen LogP contribution in [0.1, 0.15) is 22.5 Å². The zero-order chi connectivity index (χ0) is 26.1. The summed E-state index contributed by atoms with van der Waals surface area (Å²) < 4.78 is 29.1. The van der Waals surface area contributed by atoms with Gasteiger partial charge in [-0.05, 0) is 42.7 Å². The average molecular weight is 514 g/mol. The second-order valence-electron chi connectivity index (χ2n) is 8.14. The number of hydrogen-bond donors (Lipinski definition) is 3. The SMILES string of the molecule is CS(=O)(=O)c1cccc(-c2ccc(C(=O)NCNC(=O)[C@H](CCc3ccccc3)CN(O)C=O)o2)c1. The van der Waals surface area contributed by atoms with Crippen LogP contribution in [0.25, 0.3) is 11.3 Å². The van der Waals surface area contributed by atoms with E-state index in [0.717, 1.165) is 11.8 Å². The van der Waals surface area contributed by atoms with Crippen LogP contribution in [-0.4, -0.2) is 56.4 Å². The van der Waals surface area contributed by atoms with Crippen LogP contribution in [0.2, 0.25) is 0 Å². The van der Waals surface area contributed by atoms with Crippen molar-refractivity contribution in [1.29, 1.82) is 0 Å². The molecule has 0 aliphatic carbocycles. The molecule has 3 N–H and O–H groups in total. The lowest BCUT2D eigenvalue weighted by Gasteiger charge is -2.19. The Morgan fingerprint density at radius 2 is 1.81 bits per heavy atom. The van der Waals surface area contributed by atoms with Crippen LogP contribution in [0.5, 0.6) is 0 Å². The highest BCUT2D eigenvalue weighted by atomic mass is 32.2. The Hall–Kier alpha value is -3.96. The maximum atomic E-state index is 12.6. The minimum absolute atomic E-state index is 0.0212. The molecular weight excluding hydrogens is 486 g/mol. The van der Waals surface area contributed by atoms with Crippen LogP contribution in [0.15, 0.2) is 76.0 Å². The summed E-state index contributed by atoms with van der Waals surface area (Å²) in [5, 5.41) is 15.1. The van der Waals surface area contributed by atoms with E-state index >= 15 is 0 Å². The molecule has 1 atom stereocenters. The summed E-state index contributed by atoms with van der Waals surface area (Å²) in [6.45, 7) is -0.393. The van der Waals surface area contributed by atoms with E-state index in [2.05, 4.69) is 10.6 Å². The quantitative estimate of drug-likeness (QED) is 0.146. The van der Waals surface area contributed by atoms with Crippen molar-refractivity contribution in [3.05, 3.63) is 78.1 Å². The first-order valence-electron chi connectivity index (χ1n) is 11.1. The van der Waals surface area contributed by atoms with Crippen LogP contribution < -0.4 is 10.6 Å². The molecule has 11 heteroatoms. The van der Waals surface area contributed by atoms with E-state index in [1.54, 1.807) is 18.2 Å². The number of rotatable bonds is 12. The molecule has 0 bridgehead atoms. The summed E-state index contributed by atoms with van der Waals surface area (Å²) >= 11 is 0. The Balaban J connectivity index is 1.56. The van der Waals surface area contributed by atoms with Crippen LogP contribution >= 0.6 is 0 Å². The fourth-order valence-electron chi connectivity index (χ4n) is 3.50. The molecule has 1 aromatic heterocycles. The topological polar surface area (TPSA) is 146 Å². The average Bonchev–Trinajstić information content (AvgIpc) is 3.37. The van der Waals surface area contributed by atoms with Crippen LogP contribution in [0, 0.1) is 5.92 Å². The fraction of sp³-hybridized carbons (Fsp3) is 0.240. The van der Waals surface area contributed by atoms with E-state index in [4.69, 9.17) is 4.42 Å². The number of sulfone groups is 1. The number of hydroxylamine groups is 2. The molecule has 2 aromatic carbocycles. The largest absolute Gasteiger partial charge is 0.451 e. The molecule has 0 saturated carbocycles. The van der Waals surface area contributed by atoms with Crippen LogP contribution in [0.4, 0.5) is 0 Å². The van der Waals surface area contributed by atoms with Crippen molar-refractivity contribution in [3.8, 4) is 11.3 Å². The molecular formula is C25H27N3O7S. The summed E-state index contributed by atoms with van der Waals surface area (Å²) in [7, 11) is -3.40. The van der Waals surface area contributed by atoms with Crippen molar-refractivity contribution < 1.29 is 32.4 Å². The summed E-state index contributed by atoms with van der Waals surface area (Å²) in [4.78, 5) is 36.0. The molecule has 0 radical (unpaired) electrons. The Morgan fingerprint density at radius 3 is 2.50 bits per heavy atom. The minimum Gasteiger partial charge on any atom is -0.451 e. The zero-order valence-corrected chi connectivity index (χ0v) is 20.4. The van der Waals surface area contributed by atoms with Crippen molar-refractivity contribution in [2.75, 3.05) is 19.5 Å². The van der Waals surface area contributed by atoms with E-state index in [9.17, 15) is 28.0 Å². The maximum Gasteiger partial charge on any atom is 0.288 e. The van der Waals surface area contributed by atoms with E-state index in [0.29, 0.717) is 29.2 Å². The third-order valence-corrected chi connectivity index (χ3v) is 6.52. The second kappa shape index (κ2) is 12.1. The molecule has 1 heterocycles. The van der Waals surface area contributed by atoms with Gasteiger partial charge in [0.25, 0.3) is 5.91 Å². The summed E-state index contributed by atoms with van der Waals surface area (Å²) in [6, 6.07) is 18.6. The minimum atomic E-state index is -3.40. The van der Waals surface area contributed by atoms with E-state index < -0.39 is 27.6 Å². The molecule has 0 unspecified atom stereocenters. The molecule has 3 amide bonds. The maximum absolute atomic E-state index is 12.6. The molecule has 190 valence electrons. The zero-order valence-electron chi connectivity index (χ0n) is 19.6. The Labute approximate surface area is 208 Å². The molecule has 36 heavy (non-hydrogen) atoms. The lowest BCUT2D eigenvalue weighted by molar-refractivity contribution is -0.154. The van der Waals surface area contributed by atoms with Gasteiger partial charge in [0.05, 0.1) is 24.0 Å². The first-order valence-corrected chi connectivity index (χ1v) is 13.0. The number of amides is 3. The van der Waals surface area contributed by atoms with Crippen molar-refractivity contribution in [1.82, 2.24) is 15.7 Å². The fourth-order valence-corrected chi connectivity index (χ4v) is 4.16.